The molecule has 1 atom stereocenters. The van der Waals surface area contributed by atoms with Crippen molar-refractivity contribution >= 4 is 5.91 Å². The van der Waals surface area contributed by atoms with Crippen molar-refractivity contribution in [3.05, 3.63) is 0 Å². The lowest BCUT2D eigenvalue weighted by molar-refractivity contribution is -0.132. The fourth-order valence-corrected chi connectivity index (χ4v) is 1.89. The second-order valence-corrected chi connectivity index (χ2v) is 3.84. The predicted molar refractivity (Wildman–Crippen MR) is 56.0 cm³/mol. The molecule has 4 nitrogen and oxygen atoms in total. The van der Waals surface area contributed by atoms with Crippen LogP contribution in [0.5, 0.6) is 0 Å². The van der Waals surface area contributed by atoms with E-state index in [2.05, 4.69) is 0 Å². The summed E-state index contributed by atoms with van der Waals surface area (Å²) in [7, 11) is 0. The molecule has 0 aromatic heterocycles. The van der Waals surface area contributed by atoms with Crippen molar-refractivity contribution in [1.29, 1.82) is 5.26 Å². The second-order valence-electron chi connectivity index (χ2n) is 3.84. The van der Waals surface area contributed by atoms with Crippen LogP contribution < -0.4 is 0 Å². The zero-order valence-electron chi connectivity index (χ0n) is 9.24. The van der Waals surface area contributed by atoms with E-state index in [1.54, 1.807) is 4.90 Å². The Morgan fingerprint density at radius 3 is 3.13 bits per heavy atom. The third-order valence-electron chi connectivity index (χ3n) is 2.66. The van der Waals surface area contributed by atoms with Gasteiger partial charge in [0.05, 0.1) is 12.7 Å². The van der Waals surface area contributed by atoms with Crippen LogP contribution in [0.15, 0.2) is 0 Å². The van der Waals surface area contributed by atoms with Crippen molar-refractivity contribution in [3.63, 3.8) is 0 Å². The molecule has 1 rings (SSSR count). The lowest BCUT2D eigenvalue weighted by Crippen LogP contribution is -2.41. The summed E-state index contributed by atoms with van der Waals surface area (Å²) in [5, 5.41) is 8.45. The van der Waals surface area contributed by atoms with E-state index in [4.69, 9.17) is 10.00 Å². The minimum absolute atomic E-state index is 0.00134. The Kier molecular flexibility index (Phi) is 5.13. The summed E-state index contributed by atoms with van der Waals surface area (Å²) in [6.45, 7) is 4.97. The van der Waals surface area contributed by atoms with Crippen molar-refractivity contribution < 1.29 is 9.53 Å². The molecule has 0 spiro atoms. The molecule has 0 saturated carbocycles. The topological polar surface area (TPSA) is 53.3 Å². The number of ether oxygens (including phenoxy) is 1. The van der Waals surface area contributed by atoms with Gasteiger partial charge in [0.15, 0.2) is 0 Å². The smallest absolute Gasteiger partial charge is 0.236 e. The highest BCUT2D eigenvalue weighted by molar-refractivity contribution is 5.78. The molecule has 1 amide bonds. The highest BCUT2D eigenvalue weighted by Crippen LogP contribution is 2.17. The van der Waals surface area contributed by atoms with Gasteiger partial charge in [-0.05, 0) is 25.7 Å². The molecule has 4 heteroatoms. The summed E-state index contributed by atoms with van der Waals surface area (Å²) in [5.74, 6) is 0.403. The van der Waals surface area contributed by atoms with E-state index in [9.17, 15) is 4.79 Å². The number of likely N-dealkylation sites (tertiary alicyclic amines) is 1. The fourth-order valence-electron chi connectivity index (χ4n) is 1.89. The molecule has 0 aromatic carbocycles. The Morgan fingerprint density at radius 1 is 1.67 bits per heavy atom. The standard InChI is InChI=1S/C11H18N2O2/c1-2-15-9-10-4-3-7-13(8-10)11(14)5-6-12/h10H,2-5,7-9H2,1H3/t10-/m0/s1. The molecule has 0 unspecified atom stereocenters. The number of hydrogen-bond donors (Lipinski definition) is 0. The van der Waals surface area contributed by atoms with Gasteiger partial charge in [0.1, 0.15) is 6.42 Å². The monoisotopic (exact) mass is 210 g/mol. The zero-order chi connectivity index (χ0) is 11.1. The molecule has 0 aliphatic carbocycles. The van der Waals surface area contributed by atoms with E-state index in [1.807, 2.05) is 13.0 Å². The first-order valence-electron chi connectivity index (χ1n) is 5.50. The number of hydrogen-bond acceptors (Lipinski definition) is 3. The Morgan fingerprint density at radius 2 is 2.47 bits per heavy atom. The average Bonchev–Trinajstić information content (AvgIpc) is 2.27. The van der Waals surface area contributed by atoms with Crippen LogP contribution in [0.1, 0.15) is 26.2 Å². The van der Waals surface area contributed by atoms with Crippen LogP contribution >= 0.6 is 0 Å². The van der Waals surface area contributed by atoms with E-state index in [1.165, 1.54) is 0 Å². The van der Waals surface area contributed by atoms with Gasteiger partial charge in [-0.25, -0.2) is 0 Å². The summed E-state index contributed by atoms with van der Waals surface area (Å²) >= 11 is 0. The Bertz CT molecular complexity index is 247. The third kappa shape index (κ3) is 3.88. The molecule has 84 valence electrons. The molecule has 1 aliphatic rings. The summed E-state index contributed by atoms with van der Waals surface area (Å²) in [5.41, 5.74) is 0. The molecule has 15 heavy (non-hydrogen) atoms. The van der Waals surface area contributed by atoms with Crippen LogP contribution in [0.3, 0.4) is 0 Å². The van der Waals surface area contributed by atoms with Gasteiger partial charge in [-0.15, -0.1) is 0 Å². The molecule has 1 saturated heterocycles. The maximum atomic E-state index is 11.5. The molecule has 1 aliphatic heterocycles. The van der Waals surface area contributed by atoms with Gasteiger partial charge >= 0.3 is 0 Å². The molecule has 1 heterocycles. The average molecular weight is 210 g/mol. The molecule has 0 N–H and O–H groups in total. The predicted octanol–water partition coefficient (Wildman–Crippen LogP) is 1.18. The number of rotatable bonds is 4. The minimum Gasteiger partial charge on any atom is -0.381 e. The highest BCUT2D eigenvalue weighted by atomic mass is 16.5. The normalized spacial score (nSPS) is 21.1. The SMILES string of the molecule is CCOC[C@H]1CCCN(C(=O)CC#N)C1. The van der Waals surface area contributed by atoms with Crippen LogP contribution in [0.2, 0.25) is 0 Å². The summed E-state index contributed by atoms with van der Waals surface area (Å²) in [6.07, 6.45) is 2.15. The first-order valence-corrected chi connectivity index (χ1v) is 5.50. The largest absolute Gasteiger partial charge is 0.381 e. The van der Waals surface area contributed by atoms with E-state index in [0.29, 0.717) is 5.92 Å². The molecule has 0 aromatic rings. The summed E-state index contributed by atoms with van der Waals surface area (Å²) in [4.78, 5) is 13.3. The van der Waals surface area contributed by atoms with E-state index < -0.39 is 0 Å². The number of nitrogens with zero attached hydrogens (tertiary/aromatic N) is 2. The van der Waals surface area contributed by atoms with Gasteiger partial charge in [0, 0.05) is 19.7 Å². The van der Waals surface area contributed by atoms with Crippen molar-refractivity contribution in [2.45, 2.75) is 26.2 Å². The summed E-state index contributed by atoms with van der Waals surface area (Å²) < 4.78 is 5.36. The van der Waals surface area contributed by atoms with E-state index in [-0.39, 0.29) is 12.3 Å². The quantitative estimate of drug-likeness (QED) is 0.700. The Labute approximate surface area is 90.8 Å². The third-order valence-corrected chi connectivity index (χ3v) is 2.66. The Balaban J connectivity index is 2.35. The van der Waals surface area contributed by atoms with E-state index >= 15 is 0 Å². The minimum atomic E-state index is -0.0429. The van der Waals surface area contributed by atoms with Gasteiger partial charge in [0.25, 0.3) is 0 Å². The second kappa shape index (κ2) is 6.41. The molecule has 0 bridgehead atoms. The summed E-state index contributed by atoms with van der Waals surface area (Å²) in [6, 6.07) is 1.90. The highest BCUT2D eigenvalue weighted by Gasteiger charge is 2.23. The van der Waals surface area contributed by atoms with Crippen molar-refractivity contribution in [2.24, 2.45) is 5.92 Å². The maximum Gasteiger partial charge on any atom is 0.236 e. The maximum absolute atomic E-state index is 11.5. The van der Waals surface area contributed by atoms with Gasteiger partial charge in [-0.3, -0.25) is 4.79 Å². The van der Waals surface area contributed by atoms with Gasteiger partial charge in [0.2, 0.25) is 5.91 Å². The fraction of sp³-hybridized carbons (Fsp3) is 0.818. The van der Waals surface area contributed by atoms with Gasteiger partial charge < -0.3 is 9.64 Å². The van der Waals surface area contributed by atoms with Crippen LogP contribution in [-0.2, 0) is 9.53 Å². The Hall–Kier alpha value is -1.08. The number of amides is 1. The van der Waals surface area contributed by atoms with Gasteiger partial charge in [-0.1, -0.05) is 0 Å². The zero-order valence-corrected chi connectivity index (χ0v) is 9.24. The van der Waals surface area contributed by atoms with Crippen LogP contribution in [0, 0.1) is 17.2 Å². The number of nitriles is 1. The van der Waals surface area contributed by atoms with Crippen molar-refractivity contribution in [1.82, 2.24) is 4.90 Å². The van der Waals surface area contributed by atoms with Crippen molar-refractivity contribution in [2.75, 3.05) is 26.3 Å². The number of carbonyl (C=O) groups excluding carboxylic acids is 1. The molecular formula is C11H18N2O2. The van der Waals surface area contributed by atoms with Crippen LogP contribution in [0.25, 0.3) is 0 Å². The van der Waals surface area contributed by atoms with Crippen LogP contribution in [0.4, 0.5) is 0 Å². The molecule has 1 fully saturated rings. The molecule has 0 radical (unpaired) electrons. The number of carbonyl (C=O) groups is 1. The molecular weight excluding hydrogens is 192 g/mol. The lowest BCUT2D eigenvalue weighted by atomic mass is 9.99. The van der Waals surface area contributed by atoms with Gasteiger partial charge in [-0.2, -0.15) is 5.26 Å². The van der Waals surface area contributed by atoms with Crippen LogP contribution in [-0.4, -0.2) is 37.1 Å². The first-order chi connectivity index (χ1) is 7.27. The lowest BCUT2D eigenvalue weighted by Gasteiger charge is -2.32. The van der Waals surface area contributed by atoms with Crippen molar-refractivity contribution in [3.8, 4) is 6.07 Å². The first kappa shape index (κ1) is 12.0. The van der Waals surface area contributed by atoms with E-state index in [0.717, 1.165) is 39.1 Å². The number of piperidine rings is 1.